The lowest BCUT2D eigenvalue weighted by molar-refractivity contribution is 0.0691. The molecule has 2 heterocycles. The highest BCUT2D eigenvalue weighted by molar-refractivity contribution is 6.30. The molecule has 25 heavy (non-hydrogen) atoms. The van der Waals surface area contributed by atoms with Crippen molar-refractivity contribution in [1.29, 1.82) is 0 Å². The van der Waals surface area contributed by atoms with Gasteiger partial charge in [-0.05, 0) is 64.2 Å². The van der Waals surface area contributed by atoms with Gasteiger partial charge in [0.1, 0.15) is 11.9 Å². The Morgan fingerprint density at radius 3 is 2.44 bits per heavy atom. The molecule has 0 bridgehead atoms. The lowest BCUT2D eigenvalue weighted by Crippen LogP contribution is -2.42. The molecule has 0 saturated carbocycles. The van der Waals surface area contributed by atoms with Crippen molar-refractivity contribution in [2.24, 2.45) is 0 Å². The summed E-state index contributed by atoms with van der Waals surface area (Å²) in [6, 6.07) is 5.97. The Morgan fingerprint density at radius 2 is 1.80 bits per heavy atom. The molecule has 1 aromatic carbocycles. The predicted molar refractivity (Wildman–Crippen MR) is 102 cm³/mol. The van der Waals surface area contributed by atoms with Gasteiger partial charge in [0, 0.05) is 37.2 Å². The largest absolute Gasteiger partial charge is 0.489 e. The fraction of sp³-hybridized carbons (Fsp3) is 0.650. The summed E-state index contributed by atoms with van der Waals surface area (Å²) in [4.78, 5) is 17.3. The van der Waals surface area contributed by atoms with Crippen LogP contribution in [0.5, 0.6) is 5.75 Å². The van der Waals surface area contributed by atoms with Crippen molar-refractivity contribution < 1.29 is 9.53 Å². The summed E-state index contributed by atoms with van der Waals surface area (Å²) in [6.45, 7) is 8.22. The van der Waals surface area contributed by atoms with Crippen LogP contribution >= 0.6 is 11.6 Å². The summed E-state index contributed by atoms with van der Waals surface area (Å²) in [6.07, 6.45) is 5.51. The van der Waals surface area contributed by atoms with Crippen LogP contribution in [0.15, 0.2) is 18.2 Å². The van der Waals surface area contributed by atoms with Crippen molar-refractivity contribution >= 4 is 17.5 Å². The molecule has 0 N–H and O–H groups in total. The van der Waals surface area contributed by atoms with Crippen LogP contribution in [0, 0.1) is 0 Å². The first-order valence-corrected chi connectivity index (χ1v) is 9.92. The minimum atomic E-state index is 0.0750. The first kappa shape index (κ1) is 18.5. The summed E-state index contributed by atoms with van der Waals surface area (Å²) in [5, 5.41) is 0.616. The van der Waals surface area contributed by atoms with E-state index < -0.39 is 0 Å². The molecule has 138 valence electrons. The minimum Gasteiger partial charge on any atom is -0.489 e. The Labute approximate surface area is 156 Å². The van der Waals surface area contributed by atoms with Gasteiger partial charge in [-0.15, -0.1) is 0 Å². The topological polar surface area (TPSA) is 32.8 Å². The molecule has 2 aliphatic rings. The van der Waals surface area contributed by atoms with Crippen LogP contribution in [-0.2, 0) is 0 Å². The van der Waals surface area contributed by atoms with Gasteiger partial charge in [-0.3, -0.25) is 4.79 Å². The first-order chi connectivity index (χ1) is 12.0. The van der Waals surface area contributed by atoms with E-state index in [-0.39, 0.29) is 12.0 Å². The number of hydrogen-bond donors (Lipinski definition) is 0. The lowest BCUT2D eigenvalue weighted by Gasteiger charge is -2.35. The van der Waals surface area contributed by atoms with Crippen molar-refractivity contribution in [2.45, 2.75) is 58.1 Å². The molecule has 0 aromatic heterocycles. The number of piperidine rings is 2. The molecule has 1 aromatic rings. The fourth-order valence-electron chi connectivity index (χ4n) is 3.73. The van der Waals surface area contributed by atoms with Crippen LogP contribution in [0.2, 0.25) is 5.02 Å². The number of carbonyl (C=O) groups is 1. The maximum absolute atomic E-state index is 12.9. The third kappa shape index (κ3) is 4.68. The molecular formula is C20H29ClN2O2. The molecule has 4 nitrogen and oxygen atoms in total. The summed E-state index contributed by atoms with van der Waals surface area (Å²) < 4.78 is 6.25. The van der Waals surface area contributed by atoms with Gasteiger partial charge < -0.3 is 14.5 Å². The highest BCUT2D eigenvalue weighted by atomic mass is 35.5. The van der Waals surface area contributed by atoms with Gasteiger partial charge in [0.05, 0.1) is 5.56 Å². The van der Waals surface area contributed by atoms with Crippen molar-refractivity contribution in [2.75, 3.05) is 26.2 Å². The minimum absolute atomic E-state index is 0.0750. The Bertz CT molecular complexity index is 591. The van der Waals surface area contributed by atoms with Crippen molar-refractivity contribution in [3.63, 3.8) is 0 Å². The van der Waals surface area contributed by atoms with E-state index in [1.54, 1.807) is 12.1 Å². The van der Waals surface area contributed by atoms with Gasteiger partial charge in [-0.1, -0.05) is 11.6 Å². The van der Waals surface area contributed by atoms with E-state index in [1.807, 2.05) is 11.0 Å². The quantitative estimate of drug-likeness (QED) is 0.802. The number of halogens is 1. The number of nitrogens with zero attached hydrogens (tertiary/aromatic N) is 2. The third-order valence-corrected chi connectivity index (χ3v) is 5.55. The zero-order valence-electron chi connectivity index (χ0n) is 15.3. The Kier molecular flexibility index (Phi) is 6.24. The number of benzene rings is 1. The van der Waals surface area contributed by atoms with Crippen LogP contribution < -0.4 is 4.74 Å². The Hall–Kier alpha value is -1.26. The highest BCUT2D eigenvalue weighted by Gasteiger charge is 2.26. The van der Waals surface area contributed by atoms with E-state index in [9.17, 15) is 4.79 Å². The van der Waals surface area contributed by atoms with Crippen molar-refractivity contribution in [3.8, 4) is 5.75 Å². The molecule has 2 fully saturated rings. The zero-order valence-corrected chi connectivity index (χ0v) is 16.1. The van der Waals surface area contributed by atoms with Gasteiger partial charge in [0.15, 0.2) is 0 Å². The van der Waals surface area contributed by atoms with Crippen LogP contribution in [0.3, 0.4) is 0 Å². The molecule has 0 unspecified atom stereocenters. The average molecular weight is 365 g/mol. The maximum atomic E-state index is 12.9. The molecule has 2 aliphatic heterocycles. The molecule has 0 radical (unpaired) electrons. The molecule has 5 heteroatoms. The van der Waals surface area contributed by atoms with Gasteiger partial charge in [0.2, 0.25) is 0 Å². The molecule has 2 saturated heterocycles. The van der Waals surface area contributed by atoms with E-state index >= 15 is 0 Å². The van der Waals surface area contributed by atoms with E-state index in [0.29, 0.717) is 22.4 Å². The second-order valence-corrected chi connectivity index (χ2v) is 7.88. The highest BCUT2D eigenvalue weighted by Crippen LogP contribution is 2.29. The molecule has 0 spiro atoms. The van der Waals surface area contributed by atoms with Gasteiger partial charge in [0.25, 0.3) is 5.91 Å². The number of carbonyl (C=O) groups excluding carboxylic acids is 1. The fourth-order valence-corrected chi connectivity index (χ4v) is 3.89. The van der Waals surface area contributed by atoms with Gasteiger partial charge >= 0.3 is 0 Å². The van der Waals surface area contributed by atoms with E-state index in [1.165, 1.54) is 6.42 Å². The van der Waals surface area contributed by atoms with E-state index in [2.05, 4.69) is 18.7 Å². The number of rotatable bonds is 4. The number of ether oxygens (including phenoxy) is 1. The Morgan fingerprint density at radius 1 is 1.12 bits per heavy atom. The lowest BCUT2D eigenvalue weighted by atomic mass is 10.1. The predicted octanol–water partition coefficient (Wildman–Crippen LogP) is 4.22. The average Bonchev–Trinajstić information content (AvgIpc) is 2.62. The third-order valence-electron chi connectivity index (χ3n) is 5.32. The normalized spacial score (nSPS) is 20.1. The van der Waals surface area contributed by atoms with E-state index in [4.69, 9.17) is 16.3 Å². The smallest absolute Gasteiger partial charge is 0.257 e. The second-order valence-electron chi connectivity index (χ2n) is 7.44. The molecule has 0 aliphatic carbocycles. The van der Waals surface area contributed by atoms with Crippen LogP contribution in [0.1, 0.15) is 56.3 Å². The molecule has 0 atom stereocenters. The van der Waals surface area contributed by atoms with E-state index in [0.717, 1.165) is 51.9 Å². The summed E-state index contributed by atoms with van der Waals surface area (Å²) in [7, 11) is 0. The molecule has 1 amide bonds. The van der Waals surface area contributed by atoms with Crippen LogP contribution in [0.4, 0.5) is 0 Å². The first-order valence-electron chi connectivity index (χ1n) is 9.54. The number of amides is 1. The molecule has 3 rings (SSSR count). The van der Waals surface area contributed by atoms with Crippen LogP contribution in [-0.4, -0.2) is 54.0 Å². The van der Waals surface area contributed by atoms with Crippen LogP contribution in [0.25, 0.3) is 0 Å². The van der Waals surface area contributed by atoms with Gasteiger partial charge in [-0.2, -0.15) is 0 Å². The summed E-state index contributed by atoms with van der Waals surface area (Å²) in [5.41, 5.74) is 0.651. The van der Waals surface area contributed by atoms with Gasteiger partial charge in [-0.25, -0.2) is 0 Å². The summed E-state index contributed by atoms with van der Waals surface area (Å²) >= 11 is 6.18. The number of likely N-dealkylation sites (tertiary alicyclic amines) is 2. The molecular weight excluding hydrogens is 336 g/mol. The SMILES string of the molecule is CC(C)N1CCC(Oc2cc(Cl)ccc2C(=O)N2CCCCC2)CC1. The standard InChI is InChI=1S/C20H29ClN2O2/c1-15(2)22-12-8-17(9-13-22)25-19-14-16(21)6-7-18(19)20(24)23-10-4-3-5-11-23/h6-7,14-15,17H,3-5,8-13H2,1-2H3. The second kappa shape index (κ2) is 8.41. The zero-order chi connectivity index (χ0) is 17.8. The van der Waals surface area contributed by atoms with Crippen molar-refractivity contribution in [3.05, 3.63) is 28.8 Å². The summed E-state index contributed by atoms with van der Waals surface area (Å²) in [5.74, 6) is 0.719. The monoisotopic (exact) mass is 364 g/mol. The van der Waals surface area contributed by atoms with Crippen molar-refractivity contribution in [1.82, 2.24) is 9.80 Å². The Balaban J connectivity index is 1.70. The number of hydrogen-bond acceptors (Lipinski definition) is 3. The maximum Gasteiger partial charge on any atom is 0.257 e.